The van der Waals surface area contributed by atoms with Crippen molar-refractivity contribution in [3.8, 4) is 0 Å². The molecule has 0 aliphatic carbocycles. The zero-order valence-corrected chi connectivity index (χ0v) is 13.9. The van der Waals surface area contributed by atoms with Gasteiger partial charge in [0.1, 0.15) is 0 Å². The highest BCUT2D eigenvalue weighted by molar-refractivity contribution is 14.1. The van der Waals surface area contributed by atoms with Crippen molar-refractivity contribution in [3.63, 3.8) is 0 Å². The fourth-order valence-electron chi connectivity index (χ4n) is 0.534. The molecule has 5 heteroatoms. The number of hydrogen-bond acceptors (Lipinski definition) is 3. The molecule has 1 N–H and O–H groups in total. The topological polar surface area (TPSA) is 63.4 Å². The molecular formula is C13H24INO3. The third-order valence-electron chi connectivity index (χ3n) is 1.50. The van der Waals surface area contributed by atoms with Crippen LogP contribution in [-0.2, 0) is 0 Å². The van der Waals surface area contributed by atoms with E-state index in [4.69, 9.17) is 15.2 Å². The molecule has 1 aromatic carbocycles. The van der Waals surface area contributed by atoms with Gasteiger partial charge in [0.15, 0.2) is 7.05 Å². The number of aryl methyl sites for hydroxylation is 1. The van der Waals surface area contributed by atoms with Gasteiger partial charge in [-0.1, -0.05) is 72.3 Å². The SMILES string of the molecule is CCC(C)I.CO.C[N+](=O)[O-].Cc1ccccc1. The Kier molecular flexibility index (Phi) is 23.3. The number of benzene rings is 1. The number of aliphatic hydroxyl groups excluding tert-OH is 1. The van der Waals surface area contributed by atoms with E-state index >= 15 is 0 Å². The van der Waals surface area contributed by atoms with E-state index in [-0.39, 0.29) is 0 Å². The van der Waals surface area contributed by atoms with Crippen LogP contribution < -0.4 is 0 Å². The normalized spacial score (nSPS) is 9.28. The van der Waals surface area contributed by atoms with E-state index in [1.165, 1.54) is 12.0 Å². The molecule has 0 amide bonds. The van der Waals surface area contributed by atoms with Crippen molar-refractivity contribution >= 4 is 22.6 Å². The highest BCUT2D eigenvalue weighted by Crippen LogP contribution is 2.00. The Bertz CT molecular complexity index is 262. The molecular weight excluding hydrogens is 345 g/mol. The fraction of sp³-hybridized carbons (Fsp3) is 0.538. The molecule has 0 aromatic heterocycles. The van der Waals surface area contributed by atoms with Gasteiger partial charge in [0.25, 0.3) is 0 Å². The van der Waals surface area contributed by atoms with E-state index in [2.05, 4.69) is 55.5 Å². The number of nitrogens with zero attached hydrogens (tertiary/aromatic N) is 1. The highest BCUT2D eigenvalue weighted by atomic mass is 127. The van der Waals surface area contributed by atoms with Crippen LogP contribution in [0.3, 0.4) is 0 Å². The third-order valence-corrected chi connectivity index (χ3v) is 2.38. The molecule has 0 aliphatic rings. The van der Waals surface area contributed by atoms with Crippen molar-refractivity contribution in [2.24, 2.45) is 0 Å². The van der Waals surface area contributed by atoms with Crippen molar-refractivity contribution in [3.05, 3.63) is 46.0 Å². The Hall–Kier alpha value is -0.690. The lowest BCUT2D eigenvalue weighted by molar-refractivity contribution is -0.445. The average molecular weight is 369 g/mol. The van der Waals surface area contributed by atoms with Crippen LogP contribution in [0.4, 0.5) is 0 Å². The number of rotatable bonds is 1. The molecule has 0 saturated heterocycles. The maximum absolute atomic E-state index is 8.81. The molecule has 1 rings (SSSR count). The Labute approximate surface area is 124 Å². The highest BCUT2D eigenvalue weighted by Gasteiger charge is 1.82. The minimum absolute atomic E-state index is 0.500. The first-order chi connectivity index (χ1) is 8.40. The summed E-state index contributed by atoms with van der Waals surface area (Å²) in [6.45, 7) is 6.48. The molecule has 1 atom stereocenters. The summed E-state index contributed by atoms with van der Waals surface area (Å²) in [6.07, 6.45) is 1.29. The first-order valence-corrected chi connectivity index (χ1v) is 6.83. The summed E-state index contributed by atoms with van der Waals surface area (Å²) < 4.78 is 0.854. The zero-order chi connectivity index (χ0) is 15.0. The summed E-state index contributed by atoms with van der Waals surface area (Å²) in [5, 5.41) is 15.8. The second kappa shape index (κ2) is 18.7. The van der Waals surface area contributed by atoms with Crippen LogP contribution in [0.25, 0.3) is 0 Å². The smallest absolute Gasteiger partial charge is 0.194 e. The number of halogens is 1. The monoisotopic (exact) mass is 369 g/mol. The van der Waals surface area contributed by atoms with Crippen LogP contribution in [0.15, 0.2) is 30.3 Å². The van der Waals surface area contributed by atoms with Gasteiger partial charge in [-0.05, 0) is 13.3 Å². The molecule has 0 spiro atoms. The summed E-state index contributed by atoms with van der Waals surface area (Å²) >= 11 is 2.41. The van der Waals surface area contributed by atoms with Gasteiger partial charge in [0.05, 0.1) is 0 Å². The molecule has 1 aromatic rings. The maximum atomic E-state index is 8.81. The van der Waals surface area contributed by atoms with E-state index in [9.17, 15) is 0 Å². The molecule has 0 radical (unpaired) electrons. The van der Waals surface area contributed by atoms with Crippen molar-refractivity contribution in [2.75, 3.05) is 14.2 Å². The summed E-state index contributed by atoms with van der Waals surface area (Å²) in [4.78, 5) is 8.31. The van der Waals surface area contributed by atoms with Gasteiger partial charge in [-0.25, -0.2) is 0 Å². The van der Waals surface area contributed by atoms with Gasteiger partial charge in [-0.3, -0.25) is 10.1 Å². The molecule has 0 bridgehead atoms. The van der Waals surface area contributed by atoms with Crippen molar-refractivity contribution in [1.29, 1.82) is 0 Å². The molecule has 0 saturated carbocycles. The Morgan fingerprint density at radius 1 is 1.33 bits per heavy atom. The quantitative estimate of drug-likeness (QED) is 0.355. The molecule has 106 valence electrons. The van der Waals surface area contributed by atoms with Crippen LogP contribution >= 0.6 is 22.6 Å². The summed E-state index contributed by atoms with van der Waals surface area (Å²) in [5.74, 6) is 0. The van der Waals surface area contributed by atoms with E-state index in [0.717, 1.165) is 18.1 Å². The summed E-state index contributed by atoms with van der Waals surface area (Å²) in [6, 6.07) is 10.3. The van der Waals surface area contributed by atoms with Gasteiger partial charge >= 0.3 is 0 Å². The largest absolute Gasteiger partial charge is 0.400 e. The zero-order valence-electron chi connectivity index (χ0n) is 11.8. The van der Waals surface area contributed by atoms with Gasteiger partial charge in [-0.2, -0.15) is 0 Å². The molecule has 4 nitrogen and oxygen atoms in total. The first-order valence-electron chi connectivity index (χ1n) is 5.58. The van der Waals surface area contributed by atoms with Crippen LogP contribution in [-0.4, -0.2) is 28.1 Å². The Morgan fingerprint density at radius 2 is 1.61 bits per heavy atom. The molecule has 18 heavy (non-hydrogen) atoms. The Morgan fingerprint density at radius 3 is 1.72 bits per heavy atom. The summed E-state index contributed by atoms with van der Waals surface area (Å²) in [5.41, 5.74) is 1.32. The van der Waals surface area contributed by atoms with Crippen LogP contribution in [0, 0.1) is 17.0 Å². The van der Waals surface area contributed by atoms with Crippen molar-refractivity contribution < 1.29 is 10.0 Å². The third kappa shape index (κ3) is 36.2. The van der Waals surface area contributed by atoms with Gasteiger partial charge in [-0.15, -0.1) is 0 Å². The second-order valence-corrected chi connectivity index (χ2v) is 5.41. The lowest BCUT2D eigenvalue weighted by Gasteiger charge is -1.88. The van der Waals surface area contributed by atoms with Crippen molar-refractivity contribution in [1.82, 2.24) is 0 Å². The minimum Gasteiger partial charge on any atom is -0.400 e. The van der Waals surface area contributed by atoms with Crippen LogP contribution in [0.5, 0.6) is 0 Å². The van der Waals surface area contributed by atoms with Gasteiger partial charge < -0.3 is 5.11 Å². The number of alkyl halides is 1. The summed E-state index contributed by atoms with van der Waals surface area (Å²) in [7, 11) is 1.89. The predicted octanol–water partition coefficient (Wildman–Crippen LogP) is 3.72. The van der Waals surface area contributed by atoms with E-state index in [1.54, 1.807) is 0 Å². The van der Waals surface area contributed by atoms with E-state index < -0.39 is 4.92 Å². The average Bonchev–Trinajstić information content (AvgIpc) is 2.32. The second-order valence-electron chi connectivity index (χ2n) is 3.28. The van der Waals surface area contributed by atoms with E-state index in [0.29, 0.717) is 0 Å². The van der Waals surface area contributed by atoms with Gasteiger partial charge in [0, 0.05) is 16.0 Å². The molecule has 1 unspecified atom stereocenters. The molecule has 0 fully saturated rings. The predicted molar refractivity (Wildman–Crippen MR) is 86.0 cm³/mol. The van der Waals surface area contributed by atoms with Crippen LogP contribution in [0.2, 0.25) is 0 Å². The minimum atomic E-state index is -0.500. The lowest BCUT2D eigenvalue weighted by Crippen LogP contribution is -1.79. The van der Waals surface area contributed by atoms with Crippen LogP contribution in [0.1, 0.15) is 25.8 Å². The number of hydrogen-bond donors (Lipinski definition) is 1. The van der Waals surface area contributed by atoms with Gasteiger partial charge in [0.2, 0.25) is 0 Å². The molecule has 0 heterocycles. The number of nitro groups is 1. The number of aliphatic hydroxyl groups is 1. The first kappa shape index (κ1) is 22.5. The fourth-order valence-corrected chi connectivity index (χ4v) is 0.534. The van der Waals surface area contributed by atoms with E-state index in [1.807, 2.05) is 18.2 Å². The van der Waals surface area contributed by atoms with Crippen molar-refractivity contribution in [2.45, 2.75) is 31.1 Å². The Balaban J connectivity index is -0.000000183. The maximum Gasteiger partial charge on any atom is 0.194 e. The molecule has 0 aliphatic heterocycles. The lowest BCUT2D eigenvalue weighted by atomic mass is 10.2. The standard InChI is InChI=1S/C7H8.C4H9I.CH3NO2.CH4O/c1-7-5-3-2-4-6-7;1-3-4(2)5;1-2(3)4;1-2/h2-6H,1H3;4H,3H2,1-2H3;1H3;2H,1H3.